The molecule has 4 heteroatoms. The van der Waals surface area contributed by atoms with E-state index in [0.29, 0.717) is 12.0 Å². The third-order valence-electron chi connectivity index (χ3n) is 4.91. The summed E-state index contributed by atoms with van der Waals surface area (Å²) in [6, 6.07) is 8.94. The Morgan fingerprint density at radius 3 is 2.44 bits per heavy atom. The fourth-order valence-corrected chi connectivity index (χ4v) is 3.07. The van der Waals surface area contributed by atoms with Gasteiger partial charge in [-0.25, -0.2) is 0 Å². The highest BCUT2D eigenvalue weighted by Crippen LogP contribution is 2.33. The SMILES string of the molecule is CC(=O)[C@@]1(O)CO[C@@H](C(C)(C)C)C/C=C\[C@@H]1CC(=O)c1ccccc1. The van der Waals surface area contributed by atoms with Crippen LogP contribution in [0.5, 0.6) is 0 Å². The Labute approximate surface area is 149 Å². The highest BCUT2D eigenvalue weighted by atomic mass is 16.5. The molecule has 136 valence electrons. The van der Waals surface area contributed by atoms with Gasteiger partial charge in [0, 0.05) is 17.9 Å². The van der Waals surface area contributed by atoms with Crippen molar-refractivity contribution in [1.82, 2.24) is 0 Å². The van der Waals surface area contributed by atoms with E-state index in [1.54, 1.807) is 24.3 Å². The highest BCUT2D eigenvalue weighted by Gasteiger charge is 2.43. The lowest BCUT2D eigenvalue weighted by Gasteiger charge is -2.38. The zero-order chi connectivity index (χ0) is 18.7. The topological polar surface area (TPSA) is 63.6 Å². The lowest BCUT2D eigenvalue weighted by molar-refractivity contribution is -0.156. The normalized spacial score (nSPS) is 28.7. The number of carbonyl (C=O) groups is 2. The zero-order valence-electron chi connectivity index (χ0n) is 15.5. The second kappa shape index (κ2) is 7.63. The van der Waals surface area contributed by atoms with Gasteiger partial charge < -0.3 is 9.84 Å². The van der Waals surface area contributed by atoms with Gasteiger partial charge in [0.1, 0.15) is 0 Å². The fraction of sp³-hybridized carbons (Fsp3) is 0.524. The van der Waals surface area contributed by atoms with Crippen LogP contribution in [0.3, 0.4) is 0 Å². The molecule has 0 radical (unpaired) electrons. The molecular formula is C21H28O4. The number of aliphatic hydroxyl groups is 1. The molecule has 0 fully saturated rings. The predicted octanol–water partition coefficient (Wildman–Crippen LogP) is 3.59. The van der Waals surface area contributed by atoms with Crippen LogP contribution in [0.25, 0.3) is 0 Å². The summed E-state index contributed by atoms with van der Waals surface area (Å²) in [6.07, 6.45) is 4.39. The monoisotopic (exact) mass is 344 g/mol. The Bertz CT molecular complexity index is 642. The second-order valence-corrected chi connectivity index (χ2v) is 7.91. The number of hydrogen-bond donors (Lipinski definition) is 1. The first-order valence-electron chi connectivity index (χ1n) is 8.74. The Balaban J connectivity index is 2.26. The molecule has 4 nitrogen and oxygen atoms in total. The van der Waals surface area contributed by atoms with Crippen LogP contribution in [0.2, 0.25) is 0 Å². The van der Waals surface area contributed by atoms with Gasteiger partial charge in [-0.15, -0.1) is 0 Å². The van der Waals surface area contributed by atoms with E-state index in [1.165, 1.54) is 6.92 Å². The first kappa shape index (κ1) is 19.5. The van der Waals surface area contributed by atoms with Crippen molar-refractivity contribution in [2.45, 2.75) is 52.2 Å². The van der Waals surface area contributed by atoms with E-state index in [2.05, 4.69) is 20.8 Å². The molecule has 1 heterocycles. The number of ketones is 2. The summed E-state index contributed by atoms with van der Waals surface area (Å²) < 4.78 is 5.91. The Morgan fingerprint density at radius 1 is 1.24 bits per heavy atom. The summed E-state index contributed by atoms with van der Waals surface area (Å²) in [5, 5.41) is 11.0. The second-order valence-electron chi connectivity index (χ2n) is 7.91. The van der Waals surface area contributed by atoms with E-state index in [-0.39, 0.29) is 36.1 Å². The van der Waals surface area contributed by atoms with Crippen molar-refractivity contribution in [1.29, 1.82) is 0 Å². The Hall–Kier alpha value is -1.78. The third kappa shape index (κ3) is 4.65. The molecule has 0 aliphatic carbocycles. The van der Waals surface area contributed by atoms with Crippen LogP contribution >= 0.6 is 0 Å². The van der Waals surface area contributed by atoms with Crippen molar-refractivity contribution in [2.75, 3.05) is 6.61 Å². The first-order chi connectivity index (χ1) is 11.6. The summed E-state index contributed by atoms with van der Waals surface area (Å²) in [5.74, 6) is -1.07. The molecule has 2 rings (SSSR count). The molecule has 1 N–H and O–H groups in total. The van der Waals surface area contributed by atoms with Gasteiger partial charge in [0.2, 0.25) is 0 Å². The van der Waals surface area contributed by atoms with Gasteiger partial charge in [0.05, 0.1) is 12.7 Å². The maximum atomic E-state index is 12.5. The maximum absolute atomic E-state index is 12.5. The van der Waals surface area contributed by atoms with Gasteiger partial charge in [-0.3, -0.25) is 9.59 Å². The van der Waals surface area contributed by atoms with Crippen molar-refractivity contribution in [3.8, 4) is 0 Å². The average Bonchev–Trinajstić information content (AvgIpc) is 2.54. The lowest BCUT2D eigenvalue weighted by atomic mass is 9.78. The molecule has 0 saturated heterocycles. The smallest absolute Gasteiger partial charge is 0.164 e. The summed E-state index contributed by atoms with van der Waals surface area (Å²) in [4.78, 5) is 24.7. The molecule has 1 aromatic rings. The highest BCUT2D eigenvalue weighted by molar-refractivity contribution is 5.97. The molecule has 1 aromatic carbocycles. The molecule has 0 amide bonds. The lowest BCUT2D eigenvalue weighted by Crippen LogP contribution is -2.51. The first-order valence-corrected chi connectivity index (χ1v) is 8.74. The van der Waals surface area contributed by atoms with Gasteiger partial charge in [0.25, 0.3) is 0 Å². The van der Waals surface area contributed by atoms with Crippen molar-refractivity contribution in [2.24, 2.45) is 11.3 Å². The van der Waals surface area contributed by atoms with Crippen LogP contribution in [-0.4, -0.2) is 35.0 Å². The molecule has 25 heavy (non-hydrogen) atoms. The number of carbonyl (C=O) groups excluding carboxylic acids is 2. The Kier molecular flexibility index (Phi) is 5.96. The molecule has 3 atom stereocenters. The van der Waals surface area contributed by atoms with Gasteiger partial charge in [-0.1, -0.05) is 63.3 Å². The van der Waals surface area contributed by atoms with Gasteiger partial charge in [0.15, 0.2) is 17.2 Å². The fourth-order valence-electron chi connectivity index (χ4n) is 3.07. The summed E-state index contributed by atoms with van der Waals surface area (Å²) in [6.45, 7) is 7.45. The molecule has 1 aliphatic heterocycles. The molecule has 0 bridgehead atoms. The Morgan fingerprint density at radius 2 is 1.88 bits per heavy atom. The molecule has 1 aliphatic rings. The van der Waals surface area contributed by atoms with Crippen LogP contribution in [-0.2, 0) is 9.53 Å². The van der Waals surface area contributed by atoms with Gasteiger partial charge >= 0.3 is 0 Å². The minimum absolute atomic E-state index is 0.0696. The zero-order valence-corrected chi connectivity index (χ0v) is 15.5. The van der Waals surface area contributed by atoms with Gasteiger partial charge in [-0.2, -0.15) is 0 Å². The van der Waals surface area contributed by atoms with E-state index >= 15 is 0 Å². The van der Waals surface area contributed by atoms with E-state index in [9.17, 15) is 14.7 Å². The van der Waals surface area contributed by atoms with Crippen LogP contribution in [0.1, 0.15) is 50.9 Å². The molecule has 0 spiro atoms. The van der Waals surface area contributed by atoms with Crippen LogP contribution in [0.4, 0.5) is 0 Å². The largest absolute Gasteiger partial charge is 0.379 e. The quantitative estimate of drug-likeness (QED) is 0.670. The number of Topliss-reactive ketones (excluding diaryl/α,β-unsaturated/α-hetero) is 2. The number of hydrogen-bond acceptors (Lipinski definition) is 4. The van der Waals surface area contributed by atoms with E-state index in [1.807, 2.05) is 18.2 Å². The van der Waals surface area contributed by atoms with Crippen molar-refractivity contribution in [3.63, 3.8) is 0 Å². The number of benzene rings is 1. The number of rotatable bonds is 4. The molecule has 0 aromatic heterocycles. The maximum Gasteiger partial charge on any atom is 0.164 e. The van der Waals surface area contributed by atoms with Crippen LogP contribution < -0.4 is 0 Å². The van der Waals surface area contributed by atoms with E-state index in [4.69, 9.17) is 4.74 Å². The van der Waals surface area contributed by atoms with Crippen LogP contribution in [0, 0.1) is 11.3 Å². The van der Waals surface area contributed by atoms with E-state index in [0.717, 1.165) is 0 Å². The number of ether oxygens (including phenoxy) is 1. The average molecular weight is 344 g/mol. The predicted molar refractivity (Wildman–Crippen MR) is 97.5 cm³/mol. The summed E-state index contributed by atoms with van der Waals surface area (Å²) >= 11 is 0. The summed E-state index contributed by atoms with van der Waals surface area (Å²) in [5.41, 5.74) is -1.21. The van der Waals surface area contributed by atoms with E-state index < -0.39 is 11.5 Å². The van der Waals surface area contributed by atoms with Crippen LogP contribution in [0.15, 0.2) is 42.5 Å². The van der Waals surface area contributed by atoms with Crippen molar-refractivity contribution < 1.29 is 19.4 Å². The molecule has 0 unspecified atom stereocenters. The minimum Gasteiger partial charge on any atom is -0.379 e. The van der Waals surface area contributed by atoms with Crippen molar-refractivity contribution in [3.05, 3.63) is 48.0 Å². The molecule has 0 saturated carbocycles. The molecular weight excluding hydrogens is 316 g/mol. The van der Waals surface area contributed by atoms with Gasteiger partial charge in [-0.05, 0) is 18.8 Å². The van der Waals surface area contributed by atoms with Crippen molar-refractivity contribution >= 4 is 11.6 Å². The third-order valence-corrected chi connectivity index (χ3v) is 4.91. The minimum atomic E-state index is -1.69. The standard InChI is InChI=1S/C21H28O4/c1-15(22)21(24)14-25-19(20(2,3)4)12-8-11-17(21)13-18(23)16-9-6-5-7-10-16/h5-11,17,19,24H,12-14H2,1-4H3/b11-8-/t17-,19-,21+/m1/s1. The summed E-state index contributed by atoms with van der Waals surface area (Å²) in [7, 11) is 0.